The molecule has 144 valence electrons. The van der Waals surface area contributed by atoms with Crippen LogP contribution in [0.2, 0.25) is 10.0 Å². The van der Waals surface area contributed by atoms with Gasteiger partial charge < -0.3 is 14.2 Å². The Bertz CT molecular complexity index is 858. The molecule has 27 heavy (non-hydrogen) atoms. The fraction of sp³-hybridized carbons (Fsp3) is 0.400. The monoisotopic (exact) mass is 409 g/mol. The zero-order chi connectivity index (χ0) is 18.3. The zero-order valence-electron chi connectivity index (χ0n) is 14.2. The van der Waals surface area contributed by atoms with Crippen molar-refractivity contribution in [2.24, 2.45) is 0 Å². The van der Waals surface area contributed by atoms with Gasteiger partial charge in [-0.3, -0.25) is 9.78 Å². The van der Waals surface area contributed by atoms with Crippen LogP contribution in [0.25, 0.3) is 0 Å². The fourth-order valence-corrected chi connectivity index (χ4v) is 3.99. The molecule has 2 heterocycles. The van der Waals surface area contributed by atoms with Crippen LogP contribution in [0, 0.1) is 0 Å². The number of fused-ring (bicyclic) bond motifs is 1. The van der Waals surface area contributed by atoms with Crippen molar-refractivity contribution in [3.05, 3.63) is 45.7 Å². The first-order valence-electron chi connectivity index (χ1n) is 8.43. The number of Topliss-reactive ketones (excluding diaryl/α,β-unsaturated/α-hetero) is 1. The number of hydrogen-bond donors (Lipinski definition) is 0. The summed E-state index contributed by atoms with van der Waals surface area (Å²) in [7, 11) is 1.57. The summed E-state index contributed by atoms with van der Waals surface area (Å²) in [5, 5.41) is 0.723. The van der Waals surface area contributed by atoms with E-state index in [1.807, 2.05) is 0 Å². The van der Waals surface area contributed by atoms with E-state index in [0.717, 1.165) is 25.7 Å². The number of pyridine rings is 1. The second-order valence-corrected chi connectivity index (χ2v) is 7.29. The van der Waals surface area contributed by atoms with E-state index in [0.29, 0.717) is 38.4 Å². The van der Waals surface area contributed by atoms with Gasteiger partial charge in [0.1, 0.15) is 0 Å². The minimum atomic E-state index is -0.683. The third kappa shape index (κ3) is 3.46. The summed E-state index contributed by atoms with van der Waals surface area (Å²) in [6.45, 7) is 0. The first kappa shape index (κ1) is 19.8. The highest BCUT2D eigenvalue weighted by Crippen LogP contribution is 2.52. The summed E-state index contributed by atoms with van der Waals surface area (Å²) >= 11 is 12.3. The van der Waals surface area contributed by atoms with Crippen molar-refractivity contribution in [1.82, 2.24) is 4.98 Å². The number of rotatable bonds is 4. The topological polar surface area (TPSA) is 57.7 Å². The SMILES string of the molecule is C.COc1ccc(C(=O)Cc2c(Cl)cncc2Cl)c2c1OC1(CCCC1)O2. The van der Waals surface area contributed by atoms with E-state index in [2.05, 4.69) is 4.98 Å². The number of hydrogen-bond acceptors (Lipinski definition) is 5. The Morgan fingerprint density at radius 2 is 1.78 bits per heavy atom. The van der Waals surface area contributed by atoms with E-state index in [4.69, 9.17) is 37.4 Å². The molecule has 0 radical (unpaired) electrons. The molecule has 5 nitrogen and oxygen atoms in total. The summed E-state index contributed by atoms with van der Waals surface area (Å²) in [4.78, 5) is 16.9. The van der Waals surface area contributed by atoms with Crippen molar-refractivity contribution in [1.29, 1.82) is 0 Å². The molecule has 1 aromatic carbocycles. The van der Waals surface area contributed by atoms with Crippen LogP contribution in [0.3, 0.4) is 0 Å². The van der Waals surface area contributed by atoms with Crippen molar-refractivity contribution in [3.63, 3.8) is 0 Å². The predicted molar refractivity (Wildman–Crippen MR) is 104 cm³/mol. The largest absolute Gasteiger partial charge is 0.493 e. The third-order valence-electron chi connectivity index (χ3n) is 4.83. The van der Waals surface area contributed by atoms with E-state index in [-0.39, 0.29) is 19.6 Å². The molecule has 1 aromatic heterocycles. The summed E-state index contributed by atoms with van der Waals surface area (Å²) < 4.78 is 17.6. The van der Waals surface area contributed by atoms with Gasteiger partial charge in [-0.15, -0.1) is 0 Å². The number of carbonyl (C=O) groups excluding carboxylic acids is 1. The van der Waals surface area contributed by atoms with Crippen molar-refractivity contribution in [3.8, 4) is 17.2 Å². The molecule has 7 heteroatoms. The van der Waals surface area contributed by atoms with Crippen molar-refractivity contribution < 1.29 is 19.0 Å². The van der Waals surface area contributed by atoms with E-state index in [9.17, 15) is 4.79 Å². The van der Waals surface area contributed by atoms with Crippen LogP contribution >= 0.6 is 23.2 Å². The quantitative estimate of drug-likeness (QED) is 0.623. The number of ether oxygens (including phenoxy) is 3. The molecule has 0 unspecified atom stereocenters. The molecular formula is C20H21Cl2NO4. The number of aromatic nitrogens is 1. The van der Waals surface area contributed by atoms with Crippen LogP contribution in [0.5, 0.6) is 17.2 Å². The Morgan fingerprint density at radius 3 is 2.41 bits per heavy atom. The highest BCUT2D eigenvalue weighted by atomic mass is 35.5. The molecular weight excluding hydrogens is 389 g/mol. The maximum atomic E-state index is 13.0. The van der Waals surface area contributed by atoms with Crippen LogP contribution in [0.1, 0.15) is 49.0 Å². The Balaban J connectivity index is 0.00000210. The van der Waals surface area contributed by atoms with Gasteiger partial charge in [-0.1, -0.05) is 30.6 Å². The standard InChI is InChI=1S/C19H17Cl2NO4.CH4/c1-24-16-5-4-11(15(23)8-12-13(20)9-22-10-14(12)21)17-18(16)26-19(25-17)6-2-3-7-19;/h4-5,9-10H,2-3,6-8H2,1H3;1H4. The minimum absolute atomic E-state index is 0. The summed E-state index contributed by atoms with van der Waals surface area (Å²) in [6, 6.07) is 3.42. The maximum Gasteiger partial charge on any atom is 0.251 e. The van der Waals surface area contributed by atoms with Crippen LogP contribution in [-0.4, -0.2) is 23.7 Å². The average Bonchev–Trinajstić information content (AvgIpc) is 3.23. The second kappa shape index (κ2) is 7.56. The molecule has 4 rings (SSSR count). The van der Waals surface area contributed by atoms with Crippen LogP contribution in [0.15, 0.2) is 24.5 Å². The molecule has 1 spiro atoms. The molecule has 0 atom stereocenters. The first-order chi connectivity index (χ1) is 12.5. The van der Waals surface area contributed by atoms with Gasteiger partial charge in [-0.05, 0) is 25.0 Å². The molecule has 0 N–H and O–H groups in total. The van der Waals surface area contributed by atoms with E-state index >= 15 is 0 Å². The molecule has 0 amide bonds. The lowest BCUT2D eigenvalue weighted by Crippen LogP contribution is -2.34. The zero-order valence-corrected chi connectivity index (χ0v) is 15.7. The number of ketones is 1. The molecule has 0 saturated heterocycles. The van der Waals surface area contributed by atoms with Crippen LogP contribution in [0.4, 0.5) is 0 Å². The number of nitrogens with zero attached hydrogens (tertiary/aromatic N) is 1. The van der Waals surface area contributed by atoms with Gasteiger partial charge in [0.2, 0.25) is 5.75 Å². The molecule has 1 fully saturated rings. The molecule has 1 saturated carbocycles. The smallest absolute Gasteiger partial charge is 0.251 e. The van der Waals surface area contributed by atoms with Gasteiger partial charge in [0.15, 0.2) is 17.3 Å². The van der Waals surface area contributed by atoms with Gasteiger partial charge in [0.05, 0.1) is 22.7 Å². The van der Waals surface area contributed by atoms with Gasteiger partial charge in [-0.25, -0.2) is 0 Å². The summed E-state index contributed by atoms with van der Waals surface area (Å²) in [5.74, 6) is 0.653. The van der Waals surface area contributed by atoms with E-state index < -0.39 is 5.79 Å². The molecule has 1 aliphatic heterocycles. The Hall–Kier alpha value is -1.98. The van der Waals surface area contributed by atoms with Crippen LogP contribution < -0.4 is 14.2 Å². The first-order valence-corrected chi connectivity index (χ1v) is 9.19. The maximum absolute atomic E-state index is 13.0. The third-order valence-corrected chi connectivity index (χ3v) is 5.48. The van der Waals surface area contributed by atoms with Crippen molar-refractivity contribution >= 4 is 29.0 Å². The molecule has 1 aliphatic carbocycles. The second-order valence-electron chi connectivity index (χ2n) is 6.48. The van der Waals surface area contributed by atoms with Gasteiger partial charge in [0.25, 0.3) is 5.79 Å². The number of benzene rings is 1. The molecule has 2 aliphatic rings. The molecule has 0 bridgehead atoms. The lowest BCUT2D eigenvalue weighted by atomic mass is 10.0. The number of methoxy groups -OCH3 is 1. The summed E-state index contributed by atoms with van der Waals surface area (Å²) in [6.07, 6.45) is 6.64. The highest BCUT2D eigenvalue weighted by Gasteiger charge is 2.46. The minimum Gasteiger partial charge on any atom is -0.493 e. The van der Waals surface area contributed by atoms with Crippen LogP contribution in [-0.2, 0) is 6.42 Å². The Kier molecular flexibility index (Phi) is 5.54. The lowest BCUT2D eigenvalue weighted by Gasteiger charge is -2.21. The Morgan fingerprint density at radius 1 is 1.15 bits per heavy atom. The lowest BCUT2D eigenvalue weighted by molar-refractivity contribution is -0.0724. The fourth-order valence-electron chi connectivity index (χ4n) is 3.50. The van der Waals surface area contributed by atoms with Gasteiger partial charge in [0, 0.05) is 37.2 Å². The molecule has 2 aromatic rings. The van der Waals surface area contributed by atoms with Crippen molar-refractivity contribution in [2.75, 3.05) is 7.11 Å². The summed E-state index contributed by atoms with van der Waals surface area (Å²) in [5.41, 5.74) is 0.987. The highest BCUT2D eigenvalue weighted by molar-refractivity contribution is 6.36. The number of carbonyl (C=O) groups is 1. The number of halogens is 2. The van der Waals surface area contributed by atoms with E-state index in [1.54, 1.807) is 19.2 Å². The van der Waals surface area contributed by atoms with Crippen molar-refractivity contribution in [2.45, 2.75) is 45.3 Å². The average molecular weight is 410 g/mol. The predicted octanol–water partition coefficient (Wildman–Crippen LogP) is 5.50. The Labute approximate surface area is 168 Å². The normalized spacial score (nSPS) is 16.3. The van der Waals surface area contributed by atoms with E-state index in [1.165, 1.54) is 12.4 Å². The van der Waals surface area contributed by atoms with Gasteiger partial charge >= 0.3 is 0 Å². The van der Waals surface area contributed by atoms with Gasteiger partial charge in [-0.2, -0.15) is 0 Å².